The highest BCUT2D eigenvalue weighted by Crippen LogP contribution is 2.61. The second-order valence-electron chi connectivity index (χ2n) is 9.91. The second-order valence-corrected chi connectivity index (χ2v) is 11.6. The fraction of sp³-hybridized carbons (Fsp3) is 0.520. The van der Waals surface area contributed by atoms with Crippen LogP contribution in [0.15, 0.2) is 47.4 Å². The Labute approximate surface area is 179 Å². The summed E-state index contributed by atoms with van der Waals surface area (Å²) in [6, 6.07) is 13.0. The lowest BCUT2D eigenvalue weighted by atomic mass is 9.55. The molecule has 2 aromatic carbocycles. The SMILES string of the molecule is Cc1ccc(S(=O)(=O)N[C@H]2CC[C@H]3[C@@H]4CCc5cc(O)ccc5[C@H]4CC[C@]23C)cc1. The molecule has 0 amide bonds. The summed E-state index contributed by atoms with van der Waals surface area (Å²) in [5.74, 6) is 2.05. The summed E-state index contributed by atoms with van der Waals surface area (Å²) in [5, 5.41) is 9.86. The van der Waals surface area contributed by atoms with Crippen molar-refractivity contribution in [2.24, 2.45) is 17.3 Å². The number of rotatable bonds is 3. The van der Waals surface area contributed by atoms with E-state index in [2.05, 4.69) is 17.7 Å². The highest BCUT2D eigenvalue weighted by Gasteiger charge is 2.55. The van der Waals surface area contributed by atoms with Crippen molar-refractivity contribution < 1.29 is 13.5 Å². The van der Waals surface area contributed by atoms with E-state index in [9.17, 15) is 13.5 Å². The zero-order valence-corrected chi connectivity index (χ0v) is 18.6. The molecule has 2 saturated carbocycles. The highest BCUT2D eigenvalue weighted by atomic mass is 32.2. The molecular weight excluding hydrogens is 394 g/mol. The van der Waals surface area contributed by atoms with Gasteiger partial charge in [0.05, 0.1) is 4.90 Å². The minimum Gasteiger partial charge on any atom is -0.508 e. The molecule has 5 heteroatoms. The number of nitrogens with one attached hydrogen (secondary N) is 1. The molecule has 3 aliphatic rings. The standard InChI is InChI=1S/C25H31NO3S/c1-16-3-7-19(8-4-16)30(28,29)26-24-12-11-23-22-9-5-17-15-18(27)6-10-20(17)21(22)13-14-25(23,24)2/h3-4,6-8,10,15,21-24,26-27H,5,9,11-14H2,1-2H3/t21-,22-,23+,24+,25+/m1/s1. The number of phenolic OH excluding ortho intramolecular Hbond substituents is 1. The molecule has 0 unspecified atom stereocenters. The number of phenols is 1. The zero-order valence-electron chi connectivity index (χ0n) is 17.8. The fourth-order valence-electron chi connectivity index (χ4n) is 6.74. The number of aromatic hydroxyl groups is 1. The van der Waals surface area contributed by atoms with E-state index in [1.165, 1.54) is 11.1 Å². The molecule has 0 radical (unpaired) electrons. The lowest BCUT2D eigenvalue weighted by Crippen LogP contribution is -2.50. The molecule has 30 heavy (non-hydrogen) atoms. The van der Waals surface area contributed by atoms with E-state index in [1.807, 2.05) is 31.2 Å². The summed E-state index contributed by atoms with van der Waals surface area (Å²) in [4.78, 5) is 0.361. The predicted molar refractivity (Wildman–Crippen MR) is 118 cm³/mol. The summed E-state index contributed by atoms with van der Waals surface area (Å²) in [6.45, 7) is 4.28. The molecule has 0 aliphatic heterocycles. The summed E-state index contributed by atoms with van der Waals surface area (Å²) in [5.41, 5.74) is 3.78. The molecule has 4 nitrogen and oxygen atoms in total. The van der Waals surface area contributed by atoms with Gasteiger partial charge in [-0.3, -0.25) is 0 Å². The summed E-state index contributed by atoms with van der Waals surface area (Å²) in [6.07, 6.45) is 6.29. The number of benzene rings is 2. The number of sulfonamides is 1. The predicted octanol–water partition coefficient (Wildman–Crippen LogP) is 4.90. The molecule has 3 aliphatic carbocycles. The third kappa shape index (κ3) is 3.18. The monoisotopic (exact) mass is 425 g/mol. The highest BCUT2D eigenvalue weighted by molar-refractivity contribution is 7.89. The fourth-order valence-corrected chi connectivity index (χ4v) is 8.13. The van der Waals surface area contributed by atoms with Crippen molar-refractivity contribution in [2.45, 2.75) is 69.2 Å². The molecule has 0 aromatic heterocycles. The summed E-state index contributed by atoms with van der Waals surface area (Å²) in [7, 11) is -3.51. The molecule has 2 aromatic rings. The van der Waals surface area contributed by atoms with E-state index in [0.717, 1.165) is 44.1 Å². The van der Waals surface area contributed by atoms with Crippen molar-refractivity contribution >= 4 is 10.0 Å². The molecule has 2 N–H and O–H groups in total. The lowest BCUT2D eigenvalue weighted by Gasteiger charge is -2.51. The molecular formula is C25H31NO3S. The number of aryl methyl sites for hydroxylation is 2. The van der Waals surface area contributed by atoms with Gasteiger partial charge in [0.1, 0.15) is 5.75 Å². The van der Waals surface area contributed by atoms with Gasteiger partial charge < -0.3 is 5.11 Å². The Bertz CT molecular complexity index is 1060. The Balaban J connectivity index is 1.39. The lowest BCUT2D eigenvalue weighted by molar-refractivity contribution is 0.0462. The van der Waals surface area contributed by atoms with Gasteiger partial charge in [0.25, 0.3) is 0 Å². The van der Waals surface area contributed by atoms with Crippen molar-refractivity contribution in [3.8, 4) is 5.75 Å². The molecule has 160 valence electrons. The molecule has 0 heterocycles. The van der Waals surface area contributed by atoms with Gasteiger partial charge in [0.15, 0.2) is 0 Å². The smallest absolute Gasteiger partial charge is 0.240 e. The van der Waals surface area contributed by atoms with Crippen molar-refractivity contribution in [1.82, 2.24) is 4.72 Å². The van der Waals surface area contributed by atoms with Crippen molar-refractivity contribution in [3.63, 3.8) is 0 Å². The normalized spacial score (nSPS) is 32.9. The maximum Gasteiger partial charge on any atom is 0.240 e. The quantitative estimate of drug-likeness (QED) is 0.735. The van der Waals surface area contributed by atoms with E-state index in [-0.39, 0.29) is 11.5 Å². The zero-order chi connectivity index (χ0) is 21.1. The van der Waals surface area contributed by atoms with Gasteiger partial charge >= 0.3 is 0 Å². The number of hydrogen-bond donors (Lipinski definition) is 2. The number of hydrogen-bond acceptors (Lipinski definition) is 3. The van der Waals surface area contributed by atoms with Crippen LogP contribution in [0.3, 0.4) is 0 Å². The Hall–Kier alpha value is -1.85. The van der Waals surface area contributed by atoms with Gasteiger partial charge in [-0.1, -0.05) is 30.7 Å². The van der Waals surface area contributed by atoms with Crippen LogP contribution in [0.4, 0.5) is 0 Å². The van der Waals surface area contributed by atoms with Crippen LogP contribution in [-0.4, -0.2) is 19.6 Å². The minimum atomic E-state index is -3.51. The van der Waals surface area contributed by atoms with Gasteiger partial charge in [-0.15, -0.1) is 0 Å². The minimum absolute atomic E-state index is 0.00373. The molecule has 5 rings (SSSR count). The van der Waals surface area contributed by atoms with Crippen LogP contribution in [0.1, 0.15) is 61.6 Å². The van der Waals surface area contributed by atoms with E-state index in [4.69, 9.17) is 0 Å². The summed E-state index contributed by atoms with van der Waals surface area (Å²) < 4.78 is 29.2. The third-order valence-electron chi connectivity index (χ3n) is 8.34. The van der Waals surface area contributed by atoms with Crippen molar-refractivity contribution in [3.05, 3.63) is 59.2 Å². The Kier molecular flexibility index (Phi) is 4.75. The first kappa shape index (κ1) is 20.1. The van der Waals surface area contributed by atoms with Crippen LogP contribution < -0.4 is 4.72 Å². The van der Waals surface area contributed by atoms with Crippen LogP contribution in [0.25, 0.3) is 0 Å². The molecule has 5 atom stereocenters. The van der Waals surface area contributed by atoms with E-state index in [1.54, 1.807) is 12.1 Å². The molecule has 2 fully saturated rings. The van der Waals surface area contributed by atoms with E-state index in [0.29, 0.717) is 28.4 Å². The first-order chi connectivity index (χ1) is 14.3. The average molecular weight is 426 g/mol. The second kappa shape index (κ2) is 7.10. The van der Waals surface area contributed by atoms with Crippen molar-refractivity contribution in [1.29, 1.82) is 0 Å². The van der Waals surface area contributed by atoms with Gasteiger partial charge in [-0.25, -0.2) is 13.1 Å². The Morgan fingerprint density at radius 2 is 1.80 bits per heavy atom. The average Bonchev–Trinajstić information content (AvgIpc) is 3.03. The molecule has 0 saturated heterocycles. The number of fused-ring (bicyclic) bond motifs is 5. The maximum atomic E-state index is 13.1. The first-order valence-corrected chi connectivity index (χ1v) is 12.7. The van der Waals surface area contributed by atoms with Crippen LogP contribution in [-0.2, 0) is 16.4 Å². The van der Waals surface area contributed by atoms with Gasteiger partial charge in [0.2, 0.25) is 10.0 Å². The van der Waals surface area contributed by atoms with E-state index < -0.39 is 10.0 Å². The molecule has 0 bridgehead atoms. The Morgan fingerprint density at radius 3 is 2.57 bits per heavy atom. The topological polar surface area (TPSA) is 66.4 Å². The third-order valence-corrected chi connectivity index (χ3v) is 9.83. The van der Waals surface area contributed by atoms with Crippen LogP contribution >= 0.6 is 0 Å². The van der Waals surface area contributed by atoms with Crippen molar-refractivity contribution in [2.75, 3.05) is 0 Å². The van der Waals surface area contributed by atoms with Crippen LogP contribution in [0.5, 0.6) is 5.75 Å². The van der Waals surface area contributed by atoms with E-state index >= 15 is 0 Å². The first-order valence-electron chi connectivity index (χ1n) is 11.2. The maximum absolute atomic E-state index is 13.1. The van der Waals surface area contributed by atoms with Crippen LogP contribution in [0.2, 0.25) is 0 Å². The largest absolute Gasteiger partial charge is 0.508 e. The molecule has 0 spiro atoms. The van der Waals surface area contributed by atoms with Crippen LogP contribution in [0, 0.1) is 24.2 Å². The van der Waals surface area contributed by atoms with Gasteiger partial charge in [-0.05, 0) is 104 Å². The Morgan fingerprint density at radius 1 is 1.03 bits per heavy atom. The van der Waals surface area contributed by atoms with Gasteiger partial charge in [-0.2, -0.15) is 0 Å². The van der Waals surface area contributed by atoms with Gasteiger partial charge in [0, 0.05) is 6.04 Å². The summed E-state index contributed by atoms with van der Waals surface area (Å²) >= 11 is 0.